The van der Waals surface area contributed by atoms with Crippen molar-refractivity contribution in [2.24, 2.45) is 23.2 Å². The molecule has 5 atom stereocenters. The van der Waals surface area contributed by atoms with Crippen LogP contribution in [0.4, 0.5) is 0 Å². The lowest BCUT2D eigenvalue weighted by Crippen LogP contribution is -2.68. The smallest absolute Gasteiger partial charge is 0.404 e. The van der Waals surface area contributed by atoms with Crippen LogP contribution in [-0.4, -0.2) is 45.5 Å². The molecule has 0 aromatic rings. The van der Waals surface area contributed by atoms with Gasteiger partial charge in [0, 0.05) is 5.94 Å². The van der Waals surface area contributed by atoms with E-state index in [1.54, 1.807) is 0 Å². The molecule has 6 heteroatoms. The van der Waals surface area contributed by atoms with E-state index in [9.17, 15) is 0 Å². The predicted molar refractivity (Wildman–Crippen MR) is 122 cm³/mol. The fraction of sp³-hybridized carbons (Fsp3) is 1.00. The van der Waals surface area contributed by atoms with Crippen molar-refractivity contribution in [2.75, 3.05) is 0 Å². The molecule has 4 rings (SSSR count). The Morgan fingerprint density at radius 2 is 1.56 bits per heavy atom. The third-order valence-electron chi connectivity index (χ3n) is 7.77. The van der Waals surface area contributed by atoms with Crippen LogP contribution in [0.15, 0.2) is 0 Å². The third kappa shape index (κ3) is 3.67. The monoisotopic (exact) mass is 409 g/mol. The Balaban J connectivity index is 1.91. The molecule has 4 aliphatic rings. The van der Waals surface area contributed by atoms with Gasteiger partial charge in [0.15, 0.2) is 0 Å². The molecule has 0 N–H and O–H groups in total. The van der Waals surface area contributed by atoms with Crippen molar-refractivity contribution in [3.05, 3.63) is 0 Å². The number of nitrogens with zero attached hydrogens (tertiary/aromatic N) is 1. The van der Waals surface area contributed by atoms with E-state index in [1.807, 2.05) is 0 Å². The molecule has 1 heterocycles. The maximum atomic E-state index is 6.95. The largest absolute Gasteiger partial charge is 0.474 e. The van der Waals surface area contributed by atoms with Gasteiger partial charge in [-0.05, 0) is 49.4 Å². The Hall–Kier alpha value is 0.379. The number of hydrogen-bond donors (Lipinski definition) is 0. The lowest BCUT2D eigenvalue weighted by molar-refractivity contribution is -0.199. The summed E-state index contributed by atoms with van der Waals surface area (Å²) in [6, 6.07) is 0. The molecule has 0 spiro atoms. The van der Waals surface area contributed by atoms with Crippen molar-refractivity contribution < 1.29 is 9.31 Å². The molecule has 0 unspecified atom stereocenters. The predicted octanol–water partition coefficient (Wildman–Crippen LogP) is 5.64. The average Bonchev–Trinajstić information content (AvgIpc) is 2.79. The molecule has 3 nitrogen and oxygen atoms in total. The molecule has 156 valence electrons. The van der Waals surface area contributed by atoms with Gasteiger partial charge in [0.2, 0.25) is 0 Å². The van der Waals surface area contributed by atoms with E-state index in [2.05, 4.69) is 78.1 Å². The normalized spacial score (nSPS) is 36.8. The minimum absolute atomic E-state index is 0.0593. The van der Waals surface area contributed by atoms with Crippen LogP contribution < -0.4 is 0 Å². The van der Waals surface area contributed by atoms with E-state index in [0.29, 0.717) is 29.3 Å². The van der Waals surface area contributed by atoms with Gasteiger partial charge >= 0.3 is 7.12 Å². The van der Waals surface area contributed by atoms with Crippen LogP contribution in [0.1, 0.15) is 53.9 Å². The van der Waals surface area contributed by atoms with E-state index in [0.717, 1.165) is 5.92 Å². The molecule has 0 aromatic carbocycles. The molecule has 0 aromatic heterocycles. The molecule has 3 aliphatic carbocycles. The van der Waals surface area contributed by atoms with Crippen LogP contribution in [-0.2, 0) is 9.31 Å². The third-order valence-corrected chi connectivity index (χ3v) is 15.4. The van der Waals surface area contributed by atoms with Gasteiger partial charge in [0.25, 0.3) is 0 Å². The first-order valence-corrected chi connectivity index (χ1v) is 18.1. The Morgan fingerprint density at radius 3 is 2.00 bits per heavy atom. The quantitative estimate of drug-likeness (QED) is 0.530. The summed E-state index contributed by atoms with van der Waals surface area (Å²) < 4.78 is 16.7. The van der Waals surface area contributed by atoms with Gasteiger partial charge in [-0.2, -0.15) is 0 Å². The Labute approximate surface area is 171 Å². The Kier molecular flexibility index (Phi) is 5.47. The number of rotatable bonds is 6. The molecule has 1 aliphatic heterocycles. The molecule has 3 saturated carbocycles. The average molecular weight is 410 g/mol. The lowest BCUT2D eigenvalue weighted by atomic mass is 9.43. The van der Waals surface area contributed by atoms with Crippen molar-refractivity contribution in [1.29, 1.82) is 0 Å². The molecule has 27 heavy (non-hydrogen) atoms. The zero-order valence-corrected chi connectivity index (χ0v) is 21.8. The first-order chi connectivity index (χ1) is 12.1. The summed E-state index contributed by atoms with van der Waals surface area (Å²) in [5, 5.41) is 0. The minimum atomic E-state index is -1.49. The van der Waals surface area contributed by atoms with Gasteiger partial charge in [0.1, 0.15) is 16.5 Å². The second-order valence-corrected chi connectivity index (χ2v) is 22.8. The molecule has 2 bridgehead atoms. The summed E-state index contributed by atoms with van der Waals surface area (Å²) in [5.41, 5.74) is 0.316. The van der Waals surface area contributed by atoms with E-state index < -0.39 is 16.5 Å². The molecular weight excluding hydrogens is 365 g/mol. The van der Waals surface area contributed by atoms with Crippen LogP contribution in [0.3, 0.4) is 0 Å². The zero-order valence-electron chi connectivity index (χ0n) is 19.8. The van der Waals surface area contributed by atoms with Crippen molar-refractivity contribution in [3.8, 4) is 0 Å². The standard InChI is InChI=1S/C21H44BNO2Si2/c1-15(2)12-19(23(26(6,7)8)27(9,10)11)22-24-18-14-16-13-17(20(16,3)4)21(18,5)25-22/h15-19H,12-14H2,1-11H3/t16-,17-,18+,19-,21-/m1/s1. The van der Waals surface area contributed by atoms with Gasteiger partial charge in [-0.25, -0.2) is 0 Å². The van der Waals surface area contributed by atoms with E-state index in [1.165, 1.54) is 19.3 Å². The van der Waals surface area contributed by atoms with Gasteiger partial charge in [-0.3, -0.25) is 0 Å². The summed E-state index contributed by atoms with van der Waals surface area (Å²) >= 11 is 0. The summed E-state index contributed by atoms with van der Waals surface area (Å²) in [5.74, 6) is 2.51. The van der Waals surface area contributed by atoms with Crippen LogP contribution in [0.2, 0.25) is 39.3 Å². The second kappa shape index (κ2) is 6.69. The Bertz CT molecular complexity index is 558. The van der Waals surface area contributed by atoms with Gasteiger partial charge in [-0.15, -0.1) is 0 Å². The minimum Gasteiger partial charge on any atom is -0.404 e. The Morgan fingerprint density at radius 1 is 1.00 bits per heavy atom. The fourth-order valence-electron chi connectivity index (χ4n) is 6.89. The lowest BCUT2D eigenvalue weighted by Gasteiger charge is -2.64. The maximum Gasteiger partial charge on any atom is 0.474 e. The summed E-state index contributed by atoms with van der Waals surface area (Å²) in [6.45, 7) is 27.0. The molecule has 4 fully saturated rings. The first-order valence-electron chi connectivity index (χ1n) is 11.2. The number of hydrogen-bond acceptors (Lipinski definition) is 3. The van der Waals surface area contributed by atoms with Crippen molar-refractivity contribution >= 4 is 23.6 Å². The van der Waals surface area contributed by atoms with Crippen LogP contribution >= 0.6 is 0 Å². The van der Waals surface area contributed by atoms with Crippen LogP contribution in [0, 0.1) is 23.2 Å². The zero-order chi connectivity index (χ0) is 20.6. The highest BCUT2D eigenvalue weighted by Crippen LogP contribution is 2.66. The highest BCUT2D eigenvalue weighted by atomic mass is 28.4. The van der Waals surface area contributed by atoms with Gasteiger partial charge in [-0.1, -0.05) is 67.0 Å². The molecule has 0 amide bonds. The van der Waals surface area contributed by atoms with E-state index >= 15 is 0 Å². The highest BCUT2D eigenvalue weighted by Gasteiger charge is 2.69. The van der Waals surface area contributed by atoms with Crippen molar-refractivity contribution in [1.82, 2.24) is 4.23 Å². The van der Waals surface area contributed by atoms with E-state index in [4.69, 9.17) is 9.31 Å². The summed E-state index contributed by atoms with van der Waals surface area (Å²) in [7, 11) is -3.04. The summed E-state index contributed by atoms with van der Waals surface area (Å²) in [6.07, 6.45) is 3.97. The fourth-order valence-corrected chi connectivity index (χ4v) is 17.4. The highest BCUT2D eigenvalue weighted by molar-refractivity contribution is 6.90. The van der Waals surface area contributed by atoms with Crippen LogP contribution in [0.5, 0.6) is 0 Å². The van der Waals surface area contributed by atoms with Crippen molar-refractivity contribution in [3.63, 3.8) is 0 Å². The van der Waals surface area contributed by atoms with E-state index in [-0.39, 0.29) is 12.7 Å². The second-order valence-electron chi connectivity index (χ2n) is 12.7. The van der Waals surface area contributed by atoms with Gasteiger partial charge in [0.05, 0.1) is 11.7 Å². The molecular formula is C21H44BNO2Si2. The topological polar surface area (TPSA) is 21.7 Å². The maximum absolute atomic E-state index is 6.95. The summed E-state index contributed by atoms with van der Waals surface area (Å²) in [4.78, 5) is 0. The first kappa shape index (κ1) is 22.1. The van der Waals surface area contributed by atoms with Gasteiger partial charge < -0.3 is 13.5 Å². The van der Waals surface area contributed by atoms with Crippen LogP contribution in [0.25, 0.3) is 0 Å². The van der Waals surface area contributed by atoms with Crippen molar-refractivity contribution in [2.45, 2.75) is 111 Å². The SMILES string of the molecule is CC(C)C[C@H](B1O[C@H]2C[C@H]3C[C@H](C3(C)C)[C@@]2(C)O1)N([Si](C)(C)C)[Si](C)(C)C. The molecule has 0 radical (unpaired) electrons. The molecule has 1 saturated heterocycles.